The summed E-state index contributed by atoms with van der Waals surface area (Å²) in [5.74, 6) is -0.499. The maximum atomic E-state index is 12.7. The van der Waals surface area contributed by atoms with Crippen molar-refractivity contribution in [3.63, 3.8) is 0 Å². The number of hydrogen-bond acceptors (Lipinski definition) is 9. The molecule has 1 spiro atoms. The van der Waals surface area contributed by atoms with Gasteiger partial charge in [-0.2, -0.15) is 5.01 Å². The molecule has 4 amide bonds. The highest BCUT2D eigenvalue weighted by atomic mass is 32.2. The van der Waals surface area contributed by atoms with Crippen molar-refractivity contribution in [1.29, 1.82) is 0 Å². The van der Waals surface area contributed by atoms with E-state index in [0.29, 0.717) is 31.6 Å². The molecule has 3 aliphatic rings. The van der Waals surface area contributed by atoms with Crippen LogP contribution in [-0.2, 0) is 25.8 Å². The molecule has 1 saturated carbocycles. The molecule has 3 fully saturated rings. The van der Waals surface area contributed by atoms with Gasteiger partial charge in [-0.25, -0.2) is 13.2 Å². The summed E-state index contributed by atoms with van der Waals surface area (Å²) >= 11 is 0.980. The van der Waals surface area contributed by atoms with Crippen molar-refractivity contribution in [1.82, 2.24) is 25.9 Å². The average molecular weight is 458 g/mol. The van der Waals surface area contributed by atoms with Gasteiger partial charge in [-0.3, -0.25) is 15.0 Å². The van der Waals surface area contributed by atoms with Crippen LogP contribution in [0.2, 0.25) is 0 Å². The summed E-state index contributed by atoms with van der Waals surface area (Å²) < 4.78 is 28.5. The summed E-state index contributed by atoms with van der Waals surface area (Å²) in [6, 6.07) is -0.619. The fraction of sp³-hybridized carbons (Fsp3) is 0.706. The second-order valence-electron chi connectivity index (χ2n) is 7.97. The minimum atomic E-state index is -2.97. The van der Waals surface area contributed by atoms with Gasteiger partial charge in [0.25, 0.3) is 11.1 Å². The monoisotopic (exact) mass is 457 g/mol. The molecular formula is C17H23N5O6S2. The zero-order valence-corrected chi connectivity index (χ0v) is 17.9. The van der Waals surface area contributed by atoms with Gasteiger partial charge in [-0.15, -0.1) is 10.2 Å². The van der Waals surface area contributed by atoms with Crippen LogP contribution < -0.4 is 10.7 Å². The first-order valence-electron chi connectivity index (χ1n) is 9.88. The van der Waals surface area contributed by atoms with Crippen LogP contribution in [0.3, 0.4) is 0 Å². The van der Waals surface area contributed by atoms with Gasteiger partial charge in [0.1, 0.15) is 5.54 Å². The molecule has 0 radical (unpaired) electrons. The van der Waals surface area contributed by atoms with Crippen molar-refractivity contribution in [2.24, 2.45) is 5.92 Å². The number of carbonyl (C=O) groups excluding carboxylic acids is 3. The van der Waals surface area contributed by atoms with E-state index in [1.54, 1.807) is 0 Å². The van der Waals surface area contributed by atoms with Crippen molar-refractivity contribution in [2.45, 2.75) is 55.7 Å². The van der Waals surface area contributed by atoms with Gasteiger partial charge in [-0.1, -0.05) is 31.0 Å². The van der Waals surface area contributed by atoms with Crippen LogP contribution in [-0.4, -0.2) is 64.3 Å². The second kappa shape index (κ2) is 8.17. The topological polar surface area (TPSA) is 152 Å². The third-order valence-corrected chi connectivity index (χ3v) is 8.33. The molecule has 30 heavy (non-hydrogen) atoms. The number of imide groups is 1. The Kier molecular flexibility index (Phi) is 5.75. The number of nitrogens with one attached hydrogen (secondary N) is 2. The Morgan fingerprint density at radius 1 is 1.27 bits per heavy atom. The smallest absolute Gasteiger partial charge is 0.344 e. The summed E-state index contributed by atoms with van der Waals surface area (Å²) in [6.45, 7) is 0. The molecular weight excluding hydrogens is 434 g/mol. The predicted octanol–water partition coefficient (Wildman–Crippen LogP) is 0.425. The molecule has 0 unspecified atom stereocenters. The molecule has 1 aromatic heterocycles. The van der Waals surface area contributed by atoms with E-state index in [1.165, 1.54) is 0 Å². The van der Waals surface area contributed by atoms with Gasteiger partial charge >= 0.3 is 6.03 Å². The summed E-state index contributed by atoms with van der Waals surface area (Å²) in [5.41, 5.74) is 1.45. The maximum absolute atomic E-state index is 12.7. The van der Waals surface area contributed by atoms with E-state index >= 15 is 0 Å². The Morgan fingerprint density at radius 2 is 2.03 bits per heavy atom. The Labute approximate surface area is 177 Å². The van der Waals surface area contributed by atoms with Gasteiger partial charge in [0.2, 0.25) is 11.8 Å². The lowest BCUT2D eigenvalue weighted by atomic mass is 9.82. The quantitative estimate of drug-likeness (QED) is 0.457. The van der Waals surface area contributed by atoms with Crippen LogP contribution in [0.15, 0.2) is 9.64 Å². The number of thioether (sulfide) groups is 1. The largest absolute Gasteiger partial charge is 0.416 e. The minimum absolute atomic E-state index is 0.0385. The number of urea groups is 1. The molecule has 1 aromatic rings. The van der Waals surface area contributed by atoms with Gasteiger partial charge in [0.05, 0.1) is 17.3 Å². The third-order valence-electron chi connectivity index (χ3n) is 5.67. The van der Waals surface area contributed by atoms with Crippen molar-refractivity contribution in [2.75, 3.05) is 17.3 Å². The van der Waals surface area contributed by atoms with Gasteiger partial charge in [-0.05, 0) is 25.2 Å². The lowest BCUT2D eigenvalue weighted by Crippen LogP contribution is -2.51. The molecule has 1 atom stereocenters. The number of hydrazine groups is 1. The summed E-state index contributed by atoms with van der Waals surface area (Å²) in [6.07, 6.45) is 4.84. The van der Waals surface area contributed by atoms with Crippen LogP contribution >= 0.6 is 11.8 Å². The fourth-order valence-electron chi connectivity index (χ4n) is 4.16. The Bertz CT molecular complexity index is 956. The first-order chi connectivity index (χ1) is 14.3. The summed E-state index contributed by atoms with van der Waals surface area (Å²) in [5, 5.41) is 11.4. The number of rotatable bonds is 6. The van der Waals surface area contributed by atoms with Gasteiger partial charge in [0, 0.05) is 6.42 Å². The Morgan fingerprint density at radius 3 is 2.73 bits per heavy atom. The molecule has 0 aromatic carbocycles. The highest BCUT2D eigenvalue weighted by Crippen LogP contribution is 2.33. The van der Waals surface area contributed by atoms with Crippen LogP contribution in [0.25, 0.3) is 0 Å². The van der Waals surface area contributed by atoms with E-state index in [4.69, 9.17) is 4.42 Å². The van der Waals surface area contributed by atoms with Crippen molar-refractivity contribution >= 4 is 39.4 Å². The first kappa shape index (κ1) is 21.1. The molecule has 164 valence electrons. The van der Waals surface area contributed by atoms with Gasteiger partial charge < -0.3 is 9.73 Å². The van der Waals surface area contributed by atoms with Crippen LogP contribution in [0.5, 0.6) is 0 Å². The normalized spacial score (nSPS) is 24.9. The summed E-state index contributed by atoms with van der Waals surface area (Å²) in [7, 11) is -2.97. The molecule has 2 saturated heterocycles. The Balaban J connectivity index is 1.27. The molecule has 11 nitrogen and oxygen atoms in total. The highest BCUT2D eigenvalue weighted by Gasteiger charge is 2.52. The number of nitrogens with zero attached hydrogens (tertiary/aromatic N) is 3. The van der Waals surface area contributed by atoms with E-state index in [0.717, 1.165) is 36.0 Å². The standard InChI is InChI=1S/C17H23N5O6S2/c23-12(21-22-14(24)17(18-15(22)25)5-2-1-3-6-17)9-29-16-20-19-13(28-16)8-11-4-7-30(26,27)10-11/h11H,1-10H2,(H,18,25)(H,21,23)/t11-/m1/s1. The highest BCUT2D eigenvalue weighted by molar-refractivity contribution is 7.99. The zero-order chi connectivity index (χ0) is 21.4. The zero-order valence-electron chi connectivity index (χ0n) is 16.3. The Hall–Kier alpha value is -2.15. The van der Waals surface area contributed by atoms with Crippen molar-refractivity contribution in [3.05, 3.63) is 5.89 Å². The number of sulfone groups is 1. The number of hydrogen-bond donors (Lipinski definition) is 2. The molecule has 0 bridgehead atoms. The second-order valence-corrected chi connectivity index (χ2v) is 11.1. The molecule has 4 rings (SSSR count). The van der Waals surface area contributed by atoms with E-state index in [2.05, 4.69) is 20.9 Å². The minimum Gasteiger partial charge on any atom is -0.416 e. The average Bonchev–Trinajstić information content (AvgIpc) is 3.35. The molecule has 2 aliphatic heterocycles. The molecule has 13 heteroatoms. The number of aromatic nitrogens is 2. The van der Waals surface area contributed by atoms with Crippen molar-refractivity contribution in [3.8, 4) is 0 Å². The van der Waals surface area contributed by atoms with E-state index in [1.807, 2.05) is 0 Å². The van der Waals surface area contributed by atoms with Crippen LogP contribution in [0.4, 0.5) is 4.79 Å². The molecule has 2 N–H and O–H groups in total. The molecule has 1 aliphatic carbocycles. The van der Waals surface area contributed by atoms with Crippen LogP contribution in [0.1, 0.15) is 44.4 Å². The van der Waals surface area contributed by atoms with E-state index in [-0.39, 0.29) is 28.4 Å². The number of carbonyl (C=O) groups is 3. The summed E-state index contributed by atoms with van der Waals surface area (Å²) in [4.78, 5) is 37.1. The first-order valence-corrected chi connectivity index (χ1v) is 12.7. The maximum Gasteiger partial charge on any atom is 0.344 e. The van der Waals surface area contributed by atoms with E-state index in [9.17, 15) is 22.8 Å². The lowest BCUT2D eigenvalue weighted by Gasteiger charge is -2.30. The van der Waals surface area contributed by atoms with Crippen molar-refractivity contribution < 1.29 is 27.2 Å². The number of amides is 4. The third kappa shape index (κ3) is 4.46. The fourth-order valence-corrected chi connectivity index (χ4v) is 6.59. The SMILES string of the molecule is O=C(CSc1nnc(C[C@H]2CCS(=O)(=O)C2)o1)NN1C(=O)NC2(CCCCC2)C1=O. The van der Waals surface area contributed by atoms with Gasteiger partial charge in [0.15, 0.2) is 9.84 Å². The lowest BCUT2D eigenvalue weighted by molar-refractivity contribution is -0.139. The molecule has 3 heterocycles. The predicted molar refractivity (Wildman–Crippen MR) is 105 cm³/mol. The van der Waals surface area contributed by atoms with E-state index < -0.39 is 33.2 Å². The van der Waals surface area contributed by atoms with Crippen LogP contribution in [0, 0.1) is 5.92 Å².